The van der Waals surface area contributed by atoms with Crippen molar-refractivity contribution in [2.45, 2.75) is 38.3 Å². The Hall–Kier alpha value is -0.650. The highest BCUT2D eigenvalue weighted by Crippen LogP contribution is 2.10. The van der Waals surface area contributed by atoms with Gasteiger partial charge >= 0.3 is 0 Å². The molecule has 1 heterocycles. The molecule has 0 spiro atoms. The van der Waals surface area contributed by atoms with Gasteiger partial charge in [-0.3, -0.25) is 9.69 Å². The van der Waals surface area contributed by atoms with E-state index in [1.165, 1.54) is 12.8 Å². The van der Waals surface area contributed by atoms with Gasteiger partial charge in [0, 0.05) is 26.2 Å². The lowest BCUT2D eigenvalue weighted by Gasteiger charge is -2.24. The maximum Gasteiger partial charge on any atom is 0.222 e. The fraction of sp³-hybridized carbons (Fsp3) is 0.917. The highest BCUT2D eigenvalue weighted by atomic mass is 16.5. The van der Waals surface area contributed by atoms with Crippen LogP contribution in [0.15, 0.2) is 0 Å². The van der Waals surface area contributed by atoms with Crippen LogP contribution < -0.4 is 11.1 Å². The predicted molar refractivity (Wildman–Crippen MR) is 67.7 cm³/mol. The second-order valence-electron chi connectivity index (χ2n) is 4.69. The number of hydrogen-bond acceptors (Lipinski definition) is 4. The number of ether oxygens (including phenoxy) is 1. The topological polar surface area (TPSA) is 67.6 Å². The quantitative estimate of drug-likeness (QED) is 0.658. The van der Waals surface area contributed by atoms with E-state index in [0.717, 1.165) is 13.1 Å². The minimum absolute atomic E-state index is 0.0216. The molecular formula is C12H25N3O2. The Morgan fingerprint density at radius 2 is 2.12 bits per heavy atom. The number of amides is 1. The van der Waals surface area contributed by atoms with Crippen molar-refractivity contribution in [2.24, 2.45) is 5.73 Å². The number of nitrogens with zero attached hydrogens (tertiary/aromatic N) is 1. The molecule has 17 heavy (non-hydrogen) atoms. The van der Waals surface area contributed by atoms with Crippen LogP contribution in [0.1, 0.15) is 26.2 Å². The van der Waals surface area contributed by atoms with Gasteiger partial charge in [0.15, 0.2) is 0 Å². The number of hydrogen-bond donors (Lipinski definition) is 2. The summed E-state index contributed by atoms with van der Waals surface area (Å²) in [7, 11) is 1.58. The van der Waals surface area contributed by atoms with Gasteiger partial charge in [-0.05, 0) is 32.9 Å². The minimum Gasteiger partial charge on any atom is -0.380 e. The predicted octanol–water partition coefficient (Wildman–Crippen LogP) is -0.0493. The highest BCUT2D eigenvalue weighted by Gasteiger charge is 2.19. The molecule has 0 aromatic rings. The maximum atomic E-state index is 11.6. The zero-order valence-electron chi connectivity index (χ0n) is 10.9. The molecule has 1 rings (SSSR count). The molecule has 0 aliphatic carbocycles. The van der Waals surface area contributed by atoms with Gasteiger partial charge in [0.2, 0.25) is 5.91 Å². The molecule has 0 bridgehead atoms. The second-order valence-corrected chi connectivity index (χ2v) is 4.69. The molecule has 5 nitrogen and oxygen atoms in total. The summed E-state index contributed by atoms with van der Waals surface area (Å²) in [5.41, 5.74) is 5.47. The summed E-state index contributed by atoms with van der Waals surface area (Å²) in [6.45, 7) is 5.55. The van der Waals surface area contributed by atoms with E-state index >= 15 is 0 Å². The van der Waals surface area contributed by atoms with E-state index in [2.05, 4.69) is 17.1 Å². The van der Waals surface area contributed by atoms with Gasteiger partial charge in [-0.15, -0.1) is 0 Å². The lowest BCUT2D eigenvalue weighted by atomic mass is 10.2. The van der Waals surface area contributed by atoms with Gasteiger partial charge in [-0.25, -0.2) is 0 Å². The molecule has 2 atom stereocenters. The van der Waals surface area contributed by atoms with E-state index in [9.17, 15) is 4.79 Å². The first-order valence-electron chi connectivity index (χ1n) is 6.41. The number of rotatable bonds is 7. The molecule has 3 N–H and O–H groups in total. The minimum atomic E-state index is -0.169. The summed E-state index contributed by atoms with van der Waals surface area (Å²) in [6, 6.07) is 0.417. The molecule has 1 saturated heterocycles. The van der Waals surface area contributed by atoms with E-state index in [-0.39, 0.29) is 12.0 Å². The molecule has 1 aliphatic heterocycles. The number of carbonyl (C=O) groups excluding carboxylic acids is 1. The van der Waals surface area contributed by atoms with E-state index in [4.69, 9.17) is 10.5 Å². The average Bonchev–Trinajstić information content (AvgIpc) is 2.86. The van der Waals surface area contributed by atoms with E-state index in [1.807, 2.05) is 0 Å². The fourth-order valence-electron chi connectivity index (χ4n) is 2.11. The van der Waals surface area contributed by atoms with Crippen LogP contribution in [0.4, 0.5) is 0 Å². The van der Waals surface area contributed by atoms with Gasteiger partial charge in [0.05, 0.1) is 12.5 Å². The Morgan fingerprint density at radius 3 is 2.65 bits per heavy atom. The molecule has 0 aromatic carbocycles. The van der Waals surface area contributed by atoms with Crippen molar-refractivity contribution in [1.29, 1.82) is 0 Å². The van der Waals surface area contributed by atoms with E-state index in [1.54, 1.807) is 7.11 Å². The fourth-order valence-corrected chi connectivity index (χ4v) is 2.11. The van der Waals surface area contributed by atoms with Crippen LogP contribution >= 0.6 is 0 Å². The summed E-state index contributed by atoms with van der Waals surface area (Å²) in [6.07, 6.45) is 2.73. The Bertz CT molecular complexity index is 226. The SMILES string of the molecule is COC(CN)CC(=O)NCC(C)N1CCCC1. The van der Waals surface area contributed by atoms with Crippen molar-refractivity contribution >= 4 is 5.91 Å². The third-order valence-corrected chi connectivity index (χ3v) is 3.37. The summed E-state index contributed by atoms with van der Waals surface area (Å²) >= 11 is 0. The standard InChI is InChI=1S/C12H25N3O2/c1-10(15-5-3-4-6-15)9-14-12(16)7-11(8-13)17-2/h10-11H,3-9,13H2,1-2H3,(H,14,16). The van der Waals surface area contributed by atoms with Crippen LogP contribution in [-0.2, 0) is 9.53 Å². The monoisotopic (exact) mass is 243 g/mol. The largest absolute Gasteiger partial charge is 0.380 e. The van der Waals surface area contributed by atoms with Gasteiger partial charge in [-0.1, -0.05) is 0 Å². The first-order valence-corrected chi connectivity index (χ1v) is 6.41. The second kappa shape index (κ2) is 7.63. The smallest absolute Gasteiger partial charge is 0.222 e. The Labute approximate surface area is 104 Å². The van der Waals surface area contributed by atoms with Crippen molar-refractivity contribution in [3.63, 3.8) is 0 Å². The summed E-state index contributed by atoms with van der Waals surface area (Å²) in [5, 5.41) is 2.94. The number of nitrogens with two attached hydrogens (primary N) is 1. The van der Waals surface area contributed by atoms with Gasteiger partial charge in [0.1, 0.15) is 0 Å². The van der Waals surface area contributed by atoms with Crippen molar-refractivity contribution < 1.29 is 9.53 Å². The lowest BCUT2D eigenvalue weighted by Crippen LogP contribution is -2.42. The average molecular weight is 243 g/mol. The van der Waals surface area contributed by atoms with Crippen LogP contribution in [0.25, 0.3) is 0 Å². The molecule has 0 aromatic heterocycles. The van der Waals surface area contributed by atoms with Gasteiger partial charge in [0.25, 0.3) is 0 Å². The van der Waals surface area contributed by atoms with Crippen LogP contribution in [0.3, 0.4) is 0 Å². The van der Waals surface area contributed by atoms with Crippen molar-refractivity contribution in [2.75, 3.05) is 33.3 Å². The van der Waals surface area contributed by atoms with E-state index < -0.39 is 0 Å². The summed E-state index contributed by atoms with van der Waals surface area (Å²) in [5.74, 6) is 0.0216. The zero-order valence-corrected chi connectivity index (χ0v) is 10.9. The highest BCUT2D eigenvalue weighted by molar-refractivity contribution is 5.76. The van der Waals surface area contributed by atoms with Crippen molar-refractivity contribution in [3.8, 4) is 0 Å². The molecular weight excluding hydrogens is 218 g/mol. The van der Waals surface area contributed by atoms with Crippen LogP contribution in [0.5, 0.6) is 0 Å². The van der Waals surface area contributed by atoms with Crippen LogP contribution in [0, 0.1) is 0 Å². The third-order valence-electron chi connectivity index (χ3n) is 3.37. The molecule has 1 fully saturated rings. The molecule has 0 radical (unpaired) electrons. The maximum absolute atomic E-state index is 11.6. The summed E-state index contributed by atoms with van der Waals surface area (Å²) in [4.78, 5) is 14.0. The molecule has 100 valence electrons. The molecule has 5 heteroatoms. The molecule has 0 saturated carbocycles. The molecule has 2 unspecified atom stereocenters. The molecule has 1 aliphatic rings. The van der Waals surface area contributed by atoms with Gasteiger partial charge < -0.3 is 15.8 Å². The van der Waals surface area contributed by atoms with Crippen molar-refractivity contribution in [1.82, 2.24) is 10.2 Å². The number of likely N-dealkylation sites (tertiary alicyclic amines) is 1. The number of carbonyl (C=O) groups is 1. The Morgan fingerprint density at radius 1 is 1.47 bits per heavy atom. The number of methoxy groups -OCH3 is 1. The normalized spacial score (nSPS) is 20.2. The third kappa shape index (κ3) is 5.02. The van der Waals surface area contributed by atoms with E-state index in [0.29, 0.717) is 25.6 Å². The first-order chi connectivity index (χ1) is 8.17. The molecule has 1 amide bonds. The lowest BCUT2D eigenvalue weighted by molar-refractivity contribution is -0.123. The van der Waals surface area contributed by atoms with Gasteiger partial charge in [-0.2, -0.15) is 0 Å². The zero-order chi connectivity index (χ0) is 12.7. The van der Waals surface area contributed by atoms with Crippen LogP contribution in [0.2, 0.25) is 0 Å². The first kappa shape index (κ1) is 14.4. The number of nitrogens with one attached hydrogen (secondary N) is 1. The van der Waals surface area contributed by atoms with Crippen molar-refractivity contribution in [3.05, 3.63) is 0 Å². The summed E-state index contributed by atoms with van der Waals surface area (Å²) < 4.78 is 5.08. The Kier molecular flexibility index (Phi) is 6.47. The van der Waals surface area contributed by atoms with Crippen LogP contribution in [-0.4, -0.2) is 56.2 Å². The Balaban J connectivity index is 2.18.